The number of aliphatic hydroxyl groups is 1. The normalized spacial score (nSPS) is 29.2. The number of aliphatic hydroxyl groups excluding tert-OH is 1. The molecule has 1 fully saturated rings. The maximum Gasteiger partial charge on any atom is 0.229 e. The molecule has 0 aromatic heterocycles. The molecule has 2 aliphatic rings. The van der Waals surface area contributed by atoms with Crippen LogP contribution >= 0.6 is 0 Å². The molecule has 1 saturated heterocycles. The first kappa shape index (κ1) is 8.00. The molecule has 3 rings (SSSR count). The van der Waals surface area contributed by atoms with Crippen LogP contribution in [-0.4, -0.2) is 23.2 Å². The SMILES string of the molecule is O=C1CC2C(O)Cc3ccccc3N12. The minimum Gasteiger partial charge on any atom is -0.391 e. The van der Waals surface area contributed by atoms with E-state index >= 15 is 0 Å². The highest BCUT2D eigenvalue weighted by Crippen LogP contribution is 2.37. The van der Waals surface area contributed by atoms with Crippen molar-refractivity contribution in [2.75, 3.05) is 4.90 Å². The van der Waals surface area contributed by atoms with Crippen LogP contribution in [0.3, 0.4) is 0 Å². The van der Waals surface area contributed by atoms with Crippen LogP contribution in [0.15, 0.2) is 24.3 Å². The minimum absolute atomic E-state index is 0.0254. The Morgan fingerprint density at radius 3 is 2.86 bits per heavy atom. The molecule has 0 aliphatic carbocycles. The molecule has 2 unspecified atom stereocenters. The van der Waals surface area contributed by atoms with E-state index in [9.17, 15) is 9.90 Å². The molecular weight excluding hydrogens is 178 g/mol. The second-order valence-corrected chi connectivity index (χ2v) is 3.94. The van der Waals surface area contributed by atoms with Gasteiger partial charge in [0.25, 0.3) is 0 Å². The number of benzene rings is 1. The van der Waals surface area contributed by atoms with E-state index in [0.717, 1.165) is 11.3 Å². The smallest absolute Gasteiger partial charge is 0.229 e. The molecule has 14 heavy (non-hydrogen) atoms. The summed E-state index contributed by atoms with van der Waals surface area (Å²) in [4.78, 5) is 13.1. The average Bonchev–Trinajstić information content (AvgIpc) is 2.16. The first-order valence-corrected chi connectivity index (χ1v) is 4.85. The van der Waals surface area contributed by atoms with Gasteiger partial charge in [0.15, 0.2) is 0 Å². The number of fused-ring (bicyclic) bond motifs is 3. The summed E-state index contributed by atoms with van der Waals surface area (Å²) >= 11 is 0. The van der Waals surface area contributed by atoms with Gasteiger partial charge in [-0.05, 0) is 11.6 Å². The number of carbonyl (C=O) groups is 1. The second-order valence-electron chi connectivity index (χ2n) is 3.94. The predicted octanol–water partition coefficient (Wildman–Crippen LogP) is 0.709. The molecule has 0 saturated carbocycles. The van der Waals surface area contributed by atoms with Crippen molar-refractivity contribution in [3.05, 3.63) is 29.8 Å². The molecule has 0 bridgehead atoms. The molecule has 3 nitrogen and oxygen atoms in total. The number of β-lactam (4-membered cyclic amide) rings is 1. The predicted molar refractivity (Wildman–Crippen MR) is 52.0 cm³/mol. The molecule has 2 atom stereocenters. The minimum atomic E-state index is -0.386. The van der Waals surface area contributed by atoms with Gasteiger partial charge in [-0.3, -0.25) is 4.79 Å². The van der Waals surface area contributed by atoms with Crippen LogP contribution in [0.5, 0.6) is 0 Å². The maximum atomic E-state index is 11.4. The van der Waals surface area contributed by atoms with Gasteiger partial charge in [0.05, 0.1) is 18.6 Å². The lowest BCUT2D eigenvalue weighted by Crippen LogP contribution is -2.61. The summed E-state index contributed by atoms with van der Waals surface area (Å²) in [6, 6.07) is 7.82. The van der Waals surface area contributed by atoms with E-state index in [4.69, 9.17) is 0 Å². The topological polar surface area (TPSA) is 40.5 Å². The van der Waals surface area contributed by atoms with E-state index in [-0.39, 0.29) is 18.1 Å². The molecule has 0 spiro atoms. The summed E-state index contributed by atoms with van der Waals surface area (Å²) < 4.78 is 0. The fraction of sp³-hybridized carbons (Fsp3) is 0.364. The number of anilines is 1. The van der Waals surface area contributed by atoms with Gasteiger partial charge in [0, 0.05) is 12.1 Å². The summed E-state index contributed by atoms with van der Waals surface area (Å²) in [6.07, 6.45) is 0.780. The maximum absolute atomic E-state index is 11.4. The zero-order valence-corrected chi connectivity index (χ0v) is 7.68. The van der Waals surface area contributed by atoms with Gasteiger partial charge in [0.1, 0.15) is 0 Å². The Kier molecular flexibility index (Phi) is 1.47. The van der Waals surface area contributed by atoms with Gasteiger partial charge in [-0.15, -0.1) is 0 Å². The Morgan fingerprint density at radius 1 is 1.29 bits per heavy atom. The van der Waals surface area contributed by atoms with Crippen molar-refractivity contribution < 1.29 is 9.90 Å². The molecule has 1 aromatic rings. The zero-order valence-electron chi connectivity index (χ0n) is 7.68. The highest BCUT2D eigenvalue weighted by Gasteiger charge is 2.45. The lowest BCUT2D eigenvalue weighted by molar-refractivity contribution is -0.126. The number of nitrogens with zero attached hydrogens (tertiary/aromatic N) is 1. The lowest BCUT2D eigenvalue weighted by Gasteiger charge is -2.47. The quantitative estimate of drug-likeness (QED) is 0.610. The van der Waals surface area contributed by atoms with Crippen LogP contribution in [0, 0.1) is 0 Å². The summed E-state index contributed by atoms with van der Waals surface area (Å²) in [7, 11) is 0. The van der Waals surface area contributed by atoms with Crippen molar-refractivity contribution in [2.24, 2.45) is 0 Å². The number of hydrogen-bond donors (Lipinski definition) is 1. The van der Waals surface area contributed by atoms with Crippen molar-refractivity contribution in [2.45, 2.75) is 25.0 Å². The van der Waals surface area contributed by atoms with Crippen molar-refractivity contribution in [1.82, 2.24) is 0 Å². The standard InChI is InChI=1S/C11H11NO2/c13-10-5-7-3-1-2-4-8(7)12-9(10)6-11(12)14/h1-4,9-10,13H,5-6H2. The zero-order chi connectivity index (χ0) is 9.71. The monoisotopic (exact) mass is 189 g/mol. The first-order valence-electron chi connectivity index (χ1n) is 4.85. The Labute approximate surface area is 82.0 Å². The third kappa shape index (κ3) is 0.876. The van der Waals surface area contributed by atoms with Crippen LogP contribution in [0.2, 0.25) is 0 Å². The molecule has 3 heteroatoms. The fourth-order valence-corrected chi connectivity index (χ4v) is 2.34. The van der Waals surface area contributed by atoms with Gasteiger partial charge < -0.3 is 10.0 Å². The number of amides is 1. The molecule has 2 aliphatic heterocycles. The van der Waals surface area contributed by atoms with Gasteiger partial charge in [-0.1, -0.05) is 18.2 Å². The van der Waals surface area contributed by atoms with E-state index in [1.807, 2.05) is 24.3 Å². The summed E-state index contributed by atoms with van der Waals surface area (Å²) in [5, 5.41) is 9.77. The number of para-hydroxylation sites is 1. The molecule has 1 amide bonds. The summed E-state index contributed by atoms with van der Waals surface area (Å²) in [6.45, 7) is 0. The lowest BCUT2D eigenvalue weighted by atomic mass is 9.85. The van der Waals surface area contributed by atoms with Crippen molar-refractivity contribution in [1.29, 1.82) is 0 Å². The summed E-state index contributed by atoms with van der Waals surface area (Å²) in [5.41, 5.74) is 2.06. The highest BCUT2D eigenvalue weighted by molar-refractivity contribution is 6.02. The van der Waals surface area contributed by atoms with E-state index in [1.54, 1.807) is 4.90 Å². The van der Waals surface area contributed by atoms with E-state index < -0.39 is 0 Å². The fourth-order valence-electron chi connectivity index (χ4n) is 2.34. The largest absolute Gasteiger partial charge is 0.391 e. The van der Waals surface area contributed by atoms with Crippen molar-refractivity contribution in [3.8, 4) is 0 Å². The van der Waals surface area contributed by atoms with Crippen molar-refractivity contribution in [3.63, 3.8) is 0 Å². The number of rotatable bonds is 0. The van der Waals surface area contributed by atoms with E-state index in [2.05, 4.69) is 0 Å². The third-order valence-corrected chi connectivity index (χ3v) is 3.11. The molecule has 0 radical (unpaired) electrons. The Bertz CT molecular complexity index is 402. The molecule has 72 valence electrons. The second kappa shape index (κ2) is 2.58. The van der Waals surface area contributed by atoms with Gasteiger partial charge in [-0.25, -0.2) is 0 Å². The van der Waals surface area contributed by atoms with Crippen LogP contribution in [0.1, 0.15) is 12.0 Å². The third-order valence-electron chi connectivity index (χ3n) is 3.11. The average molecular weight is 189 g/mol. The van der Waals surface area contributed by atoms with Gasteiger partial charge >= 0.3 is 0 Å². The highest BCUT2D eigenvalue weighted by atomic mass is 16.3. The number of hydrogen-bond acceptors (Lipinski definition) is 2. The van der Waals surface area contributed by atoms with E-state index in [0.29, 0.717) is 12.8 Å². The van der Waals surface area contributed by atoms with Gasteiger partial charge in [-0.2, -0.15) is 0 Å². The van der Waals surface area contributed by atoms with E-state index in [1.165, 1.54) is 0 Å². The Balaban J connectivity index is 2.10. The molecule has 2 heterocycles. The van der Waals surface area contributed by atoms with Crippen LogP contribution < -0.4 is 4.90 Å². The van der Waals surface area contributed by atoms with Gasteiger partial charge in [0.2, 0.25) is 5.91 Å². The van der Waals surface area contributed by atoms with Crippen molar-refractivity contribution >= 4 is 11.6 Å². The summed E-state index contributed by atoms with van der Waals surface area (Å²) in [5.74, 6) is 0.126. The molecular formula is C11H11NO2. The van der Waals surface area contributed by atoms with Crippen LogP contribution in [-0.2, 0) is 11.2 Å². The number of carbonyl (C=O) groups excluding carboxylic acids is 1. The Morgan fingerprint density at radius 2 is 2.07 bits per heavy atom. The Hall–Kier alpha value is -1.35. The first-order chi connectivity index (χ1) is 6.77. The molecule has 1 aromatic carbocycles. The van der Waals surface area contributed by atoms with Crippen LogP contribution in [0.4, 0.5) is 5.69 Å². The molecule has 1 N–H and O–H groups in total. The van der Waals surface area contributed by atoms with Crippen LogP contribution in [0.25, 0.3) is 0 Å².